The third-order valence-electron chi connectivity index (χ3n) is 0.935. The van der Waals surface area contributed by atoms with Gasteiger partial charge in [-0.3, -0.25) is 4.24 Å². The summed E-state index contributed by atoms with van der Waals surface area (Å²) in [5.74, 6) is 0. The zero-order valence-corrected chi connectivity index (χ0v) is 6.13. The van der Waals surface area contributed by atoms with E-state index in [0.717, 1.165) is 9.84 Å². The average Bonchev–Trinajstić information content (AvgIpc) is 1.64. The highest BCUT2D eigenvalue weighted by atomic mass is 28.2. The zero-order valence-electron chi connectivity index (χ0n) is 5.13. The molecule has 0 amide bonds. The average molecular weight is 125 g/mol. The van der Waals surface area contributed by atoms with E-state index >= 15 is 0 Å². The van der Waals surface area contributed by atoms with Gasteiger partial charge in [0.05, 0.1) is 0 Å². The Morgan fingerprint density at radius 2 is 2.38 bits per heavy atom. The second kappa shape index (κ2) is 2.13. The van der Waals surface area contributed by atoms with Crippen LogP contribution in [0.2, 0.25) is 0 Å². The van der Waals surface area contributed by atoms with Gasteiger partial charge in [-0.1, -0.05) is 0 Å². The number of hydrogen-bond donors (Lipinski definition) is 0. The molecule has 1 rings (SSSR count). The van der Waals surface area contributed by atoms with Gasteiger partial charge in [-0.05, 0) is 0 Å². The van der Waals surface area contributed by atoms with Crippen LogP contribution in [0.3, 0.4) is 0 Å². The van der Waals surface area contributed by atoms with E-state index in [-0.39, 0.29) is 0 Å². The standard InChI is InChI=1S/C5H9N2Si/c1-6-4-3-5-7(2)8-6/h3-5H,1-2H3/q+1. The maximum atomic E-state index is 2.15. The highest BCUT2D eigenvalue weighted by Gasteiger charge is 2.10. The summed E-state index contributed by atoms with van der Waals surface area (Å²) in [4.78, 5) is 0. The van der Waals surface area contributed by atoms with Crippen LogP contribution >= 0.6 is 0 Å². The summed E-state index contributed by atoms with van der Waals surface area (Å²) >= 11 is 0. The first-order chi connectivity index (χ1) is 3.79. The number of allylic oxidation sites excluding steroid dienone is 1. The fraction of sp³-hybridized carbons (Fsp3) is 0.400. The van der Waals surface area contributed by atoms with Gasteiger partial charge in [-0.25, -0.2) is 0 Å². The first-order valence-corrected chi connectivity index (χ1v) is 3.42. The molecule has 0 spiro atoms. The molecule has 1 aliphatic rings. The summed E-state index contributed by atoms with van der Waals surface area (Å²) in [6.07, 6.45) is 6.17. The first kappa shape index (κ1) is 5.56. The molecule has 0 saturated carbocycles. The molecule has 0 N–H and O–H groups in total. The monoisotopic (exact) mass is 125 g/mol. The molecule has 0 aromatic heterocycles. The molecule has 3 heteroatoms. The third-order valence-corrected chi connectivity index (χ3v) is 1.86. The lowest BCUT2D eigenvalue weighted by atomic mass is 10.6. The molecule has 0 atom stereocenters. The van der Waals surface area contributed by atoms with Crippen LogP contribution in [0, 0.1) is 0 Å². The quantitative estimate of drug-likeness (QED) is 0.403. The highest BCUT2D eigenvalue weighted by Crippen LogP contribution is 1.84. The molecule has 42 valence electrons. The third kappa shape index (κ3) is 1.20. The maximum absolute atomic E-state index is 2.15. The van der Waals surface area contributed by atoms with Gasteiger partial charge in [0, 0.05) is 19.3 Å². The normalized spacial score (nSPS) is 18.8. The summed E-state index contributed by atoms with van der Waals surface area (Å²) < 4.78 is 4.31. The second-order valence-electron chi connectivity index (χ2n) is 1.81. The second-order valence-corrected chi connectivity index (χ2v) is 3.42. The van der Waals surface area contributed by atoms with Gasteiger partial charge in [-0.2, -0.15) is 0 Å². The van der Waals surface area contributed by atoms with Crippen LogP contribution < -0.4 is 0 Å². The lowest BCUT2D eigenvalue weighted by Gasteiger charge is -2.07. The van der Waals surface area contributed by atoms with Crippen molar-refractivity contribution >= 4 is 16.1 Å². The Bertz CT molecular complexity index is 139. The smallest absolute Gasteiger partial charge is 0.346 e. The van der Waals surface area contributed by atoms with Crippen molar-refractivity contribution in [3.05, 3.63) is 12.3 Å². The molecule has 1 heterocycles. The molecular formula is C5H9N2Si+. The minimum atomic E-state index is 0.774. The Morgan fingerprint density at radius 3 is 2.75 bits per heavy atom. The summed E-state index contributed by atoms with van der Waals surface area (Å²) in [5.41, 5.74) is 0. The van der Waals surface area contributed by atoms with Crippen LogP contribution in [-0.2, 0) is 0 Å². The van der Waals surface area contributed by atoms with Gasteiger partial charge in [-0.15, -0.1) is 0 Å². The minimum Gasteiger partial charge on any atom is -0.346 e. The van der Waals surface area contributed by atoms with Crippen molar-refractivity contribution in [2.24, 2.45) is 0 Å². The molecular weight excluding hydrogens is 116 g/mol. The molecule has 0 aliphatic carbocycles. The fourth-order valence-electron chi connectivity index (χ4n) is 0.612. The van der Waals surface area contributed by atoms with Crippen molar-refractivity contribution in [1.29, 1.82) is 0 Å². The zero-order chi connectivity index (χ0) is 5.98. The van der Waals surface area contributed by atoms with Gasteiger partial charge in [0.15, 0.2) is 0 Å². The fourth-order valence-corrected chi connectivity index (χ4v) is 1.42. The maximum Gasteiger partial charge on any atom is 0.643 e. The van der Waals surface area contributed by atoms with Crippen molar-refractivity contribution in [1.82, 2.24) is 4.57 Å². The Balaban J connectivity index is 2.59. The molecule has 0 aromatic rings. The van der Waals surface area contributed by atoms with Crippen molar-refractivity contribution in [3.8, 4) is 0 Å². The van der Waals surface area contributed by atoms with Gasteiger partial charge >= 0.3 is 9.84 Å². The SMILES string of the molecule is CN1C=CC=[N+](C)[Si]1. The van der Waals surface area contributed by atoms with Crippen molar-refractivity contribution in [3.63, 3.8) is 0 Å². The largest absolute Gasteiger partial charge is 0.643 e. The van der Waals surface area contributed by atoms with E-state index in [2.05, 4.69) is 35.3 Å². The Hall–Kier alpha value is -0.573. The summed E-state index contributed by atoms with van der Waals surface area (Å²) in [7, 11) is 4.91. The molecule has 0 aromatic carbocycles. The van der Waals surface area contributed by atoms with Crippen molar-refractivity contribution < 1.29 is 4.24 Å². The molecule has 2 radical (unpaired) electrons. The molecule has 0 fully saturated rings. The van der Waals surface area contributed by atoms with Gasteiger partial charge < -0.3 is 4.57 Å². The van der Waals surface area contributed by atoms with Crippen LogP contribution in [0.4, 0.5) is 0 Å². The molecule has 8 heavy (non-hydrogen) atoms. The van der Waals surface area contributed by atoms with Crippen LogP contribution in [0.15, 0.2) is 12.3 Å². The molecule has 0 bridgehead atoms. The van der Waals surface area contributed by atoms with Gasteiger partial charge in [0.25, 0.3) is 0 Å². The van der Waals surface area contributed by atoms with Crippen LogP contribution in [-0.4, -0.2) is 39.0 Å². The minimum absolute atomic E-state index is 0.774. The van der Waals surface area contributed by atoms with Gasteiger partial charge in [0.2, 0.25) is 0 Å². The molecule has 1 aliphatic heterocycles. The predicted molar refractivity (Wildman–Crippen MR) is 34.9 cm³/mol. The molecule has 2 nitrogen and oxygen atoms in total. The van der Waals surface area contributed by atoms with E-state index in [1.807, 2.05) is 6.08 Å². The van der Waals surface area contributed by atoms with Crippen LogP contribution in [0.1, 0.15) is 0 Å². The van der Waals surface area contributed by atoms with E-state index in [1.165, 1.54) is 0 Å². The van der Waals surface area contributed by atoms with E-state index in [9.17, 15) is 0 Å². The summed E-state index contributed by atoms with van der Waals surface area (Å²) in [6, 6.07) is 0. The Labute approximate surface area is 52.1 Å². The van der Waals surface area contributed by atoms with E-state index < -0.39 is 0 Å². The number of hydrogen-bond acceptors (Lipinski definition) is 1. The molecule has 0 saturated heterocycles. The Kier molecular flexibility index (Phi) is 1.48. The van der Waals surface area contributed by atoms with Gasteiger partial charge in [0.1, 0.15) is 13.3 Å². The first-order valence-electron chi connectivity index (χ1n) is 2.52. The summed E-state index contributed by atoms with van der Waals surface area (Å²) in [5, 5.41) is 0. The highest BCUT2D eigenvalue weighted by molar-refractivity contribution is 6.23. The van der Waals surface area contributed by atoms with Crippen LogP contribution in [0.25, 0.3) is 0 Å². The molecule has 0 unspecified atom stereocenters. The lowest BCUT2D eigenvalue weighted by molar-refractivity contribution is -0.345. The lowest BCUT2D eigenvalue weighted by Crippen LogP contribution is -2.30. The van der Waals surface area contributed by atoms with Crippen LogP contribution in [0.5, 0.6) is 0 Å². The van der Waals surface area contributed by atoms with E-state index in [1.54, 1.807) is 0 Å². The Morgan fingerprint density at radius 1 is 1.62 bits per heavy atom. The van der Waals surface area contributed by atoms with Crippen molar-refractivity contribution in [2.45, 2.75) is 0 Å². The van der Waals surface area contributed by atoms with Crippen molar-refractivity contribution in [2.75, 3.05) is 14.1 Å². The number of rotatable bonds is 0. The number of nitrogens with zero attached hydrogens (tertiary/aromatic N) is 2. The summed E-state index contributed by atoms with van der Waals surface area (Å²) in [6.45, 7) is 0. The topological polar surface area (TPSA) is 6.25 Å². The van der Waals surface area contributed by atoms with E-state index in [4.69, 9.17) is 0 Å². The predicted octanol–water partition coefficient (Wildman–Crippen LogP) is -0.307. The van der Waals surface area contributed by atoms with E-state index in [0.29, 0.717) is 0 Å².